The first-order valence-electron chi connectivity index (χ1n) is 12.0. The number of amides is 2. The molecule has 2 amide bonds. The molecule has 0 radical (unpaired) electrons. The highest BCUT2D eigenvalue weighted by molar-refractivity contribution is 5.94. The fraction of sp³-hybridized carbons (Fsp3) is 0.833. The Morgan fingerprint density at radius 3 is 1.79 bits per heavy atom. The van der Waals surface area contributed by atoms with E-state index in [1.54, 1.807) is 62.3 Å². The van der Waals surface area contributed by atoms with Crippen LogP contribution in [-0.2, 0) is 19.0 Å². The van der Waals surface area contributed by atoms with E-state index >= 15 is 0 Å². The summed E-state index contributed by atoms with van der Waals surface area (Å²) in [6, 6.07) is -0.957. The molecule has 0 aliphatic carbocycles. The maximum Gasteiger partial charge on any atom is 0.414 e. The molecule has 0 bridgehead atoms. The molecule has 0 spiro atoms. The molecule has 1 aliphatic rings. The number of nitrogens with one attached hydrogen (secondary N) is 2. The lowest BCUT2D eigenvalue weighted by Gasteiger charge is -2.30. The van der Waals surface area contributed by atoms with Crippen molar-refractivity contribution in [3.05, 3.63) is 0 Å². The van der Waals surface area contributed by atoms with Gasteiger partial charge in [0.2, 0.25) is 5.96 Å². The van der Waals surface area contributed by atoms with Gasteiger partial charge in [-0.15, -0.1) is 0 Å². The predicted molar refractivity (Wildman–Crippen MR) is 131 cm³/mol. The van der Waals surface area contributed by atoms with Crippen LogP contribution in [-0.4, -0.2) is 71.5 Å². The van der Waals surface area contributed by atoms with Crippen molar-refractivity contribution in [3.63, 3.8) is 0 Å². The maximum absolute atomic E-state index is 12.7. The third kappa shape index (κ3) is 13.3. The Morgan fingerprint density at radius 2 is 1.29 bits per heavy atom. The molecular formula is C24H44N4O6. The minimum absolute atomic E-state index is 0.168. The molecular weight excluding hydrogens is 440 g/mol. The molecule has 0 aromatic heterocycles. The lowest BCUT2D eigenvalue weighted by molar-refractivity contribution is -0.157. The Labute approximate surface area is 204 Å². The number of carbonyl (C=O) groups is 3. The van der Waals surface area contributed by atoms with Gasteiger partial charge in [0, 0.05) is 19.6 Å². The molecule has 34 heavy (non-hydrogen) atoms. The fourth-order valence-electron chi connectivity index (χ4n) is 3.09. The van der Waals surface area contributed by atoms with Gasteiger partial charge in [-0.2, -0.15) is 0 Å². The fourth-order valence-corrected chi connectivity index (χ4v) is 3.09. The first kappa shape index (κ1) is 29.5. The minimum Gasteiger partial charge on any atom is -0.458 e. The molecule has 1 rings (SSSR count). The second-order valence-corrected chi connectivity index (χ2v) is 11.4. The van der Waals surface area contributed by atoms with E-state index in [1.807, 2.05) is 4.90 Å². The van der Waals surface area contributed by atoms with E-state index in [0.29, 0.717) is 5.96 Å². The Kier molecular flexibility index (Phi) is 10.6. The van der Waals surface area contributed by atoms with Crippen LogP contribution < -0.4 is 10.6 Å². The number of carbonyl (C=O) groups excluding carboxylic acids is 3. The molecule has 10 heteroatoms. The highest BCUT2D eigenvalue weighted by Crippen LogP contribution is 2.13. The second kappa shape index (κ2) is 12.3. The topological polar surface area (TPSA) is 119 Å². The SMILES string of the molecule is CC(C)(C)OC(=O)NC(=NCC[C@H](NC(=O)OC(C)(C)C)C(=O)OC(C)(C)C)N1CCCCC1. The van der Waals surface area contributed by atoms with E-state index in [2.05, 4.69) is 15.6 Å². The number of guanidine groups is 1. The third-order valence-corrected chi connectivity index (χ3v) is 4.33. The molecule has 0 saturated carbocycles. The molecule has 196 valence electrons. The first-order valence-corrected chi connectivity index (χ1v) is 12.0. The third-order valence-electron chi connectivity index (χ3n) is 4.33. The first-order chi connectivity index (χ1) is 15.5. The Morgan fingerprint density at radius 1 is 0.794 bits per heavy atom. The molecule has 0 unspecified atom stereocenters. The summed E-state index contributed by atoms with van der Waals surface area (Å²) in [6.45, 7) is 17.6. The molecule has 1 saturated heterocycles. The molecule has 1 atom stereocenters. The van der Waals surface area contributed by atoms with Crippen molar-refractivity contribution < 1.29 is 28.6 Å². The molecule has 1 heterocycles. The van der Waals surface area contributed by atoms with Crippen molar-refractivity contribution in [2.75, 3.05) is 19.6 Å². The number of aliphatic imine (C=N–C) groups is 1. The van der Waals surface area contributed by atoms with Gasteiger partial charge in [0.1, 0.15) is 22.8 Å². The summed E-state index contributed by atoms with van der Waals surface area (Å²) >= 11 is 0. The Balaban J connectivity index is 2.96. The number of ether oxygens (including phenoxy) is 3. The van der Waals surface area contributed by atoms with Crippen LogP contribution in [0.15, 0.2) is 4.99 Å². The number of rotatable bonds is 5. The highest BCUT2D eigenvalue weighted by atomic mass is 16.6. The van der Waals surface area contributed by atoms with Crippen molar-refractivity contribution in [1.29, 1.82) is 0 Å². The van der Waals surface area contributed by atoms with E-state index < -0.39 is 41.0 Å². The lowest BCUT2D eigenvalue weighted by Crippen LogP contribution is -2.48. The van der Waals surface area contributed by atoms with Crippen LogP contribution in [0.2, 0.25) is 0 Å². The molecule has 1 fully saturated rings. The number of hydrogen-bond acceptors (Lipinski definition) is 7. The normalized spacial score (nSPS) is 16.4. The second-order valence-electron chi connectivity index (χ2n) is 11.4. The van der Waals surface area contributed by atoms with E-state index in [0.717, 1.165) is 32.4 Å². The van der Waals surface area contributed by atoms with Crippen LogP contribution in [0.1, 0.15) is 88.0 Å². The zero-order valence-corrected chi connectivity index (χ0v) is 22.4. The van der Waals surface area contributed by atoms with Gasteiger partial charge in [0.05, 0.1) is 0 Å². The van der Waals surface area contributed by atoms with Gasteiger partial charge < -0.3 is 24.4 Å². The van der Waals surface area contributed by atoms with Gasteiger partial charge in [-0.1, -0.05) is 0 Å². The Hall–Kier alpha value is -2.52. The summed E-state index contributed by atoms with van der Waals surface area (Å²) in [5, 5.41) is 5.33. The molecule has 0 aromatic rings. The smallest absolute Gasteiger partial charge is 0.414 e. The summed E-state index contributed by atoms with van der Waals surface area (Å²) < 4.78 is 16.1. The van der Waals surface area contributed by atoms with E-state index in [-0.39, 0.29) is 13.0 Å². The maximum atomic E-state index is 12.7. The van der Waals surface area contributed by atoms with Crippen molar-refractivity contribution in [1.82, 2.24) is 15.5 Å². The lowest BCUT2D eigenvalue weighted by atomic mass is 10.1. The summed E-state index contributed by atoms with van der Waals surface area (Å²) in [5.41, 5.74) is -2.07. The van der Waals surface area contributed by atoms with E-state index in [4.69, 9.17) is 14.2 Å². The van der Waals surface area contributed by atoms with E-state index in [9.17, 15) is 14.4 Å². The molecule has 0 aromatic carbocycles. The van der Waals surface area contributed by atoms with Gasteiger partial charge in [-0.05, 0) is 88.0 Å². The average molecular weight is 485 g/mol. The standard InChI is InChI=1S/C24H44N4O6/c1-22(2,3)32-18(29)17(26-20(30)33-23(4,5)6)13-14-25-19(28-15-11-10-12-16-28)27-21(31)34-24(7,8)9/h17H,10-16H2,1-9H3,(H,26,30)(H,25,27,31)/t17-/m0/s1. The molecule has 10 nitrogen and oxygen atoms in total. The summed E-state index contributed by atoms with van der Waals surface area (Å²) in [7, 11) is 0. The van der Waals surface area contributed by atoms with E-state index in [1.165, 1.54) is 0 Å². The van der Waals surface area contributed by atoms with Gasteiger partial charge in [0.25, 0.3) is 0 Å². The van der Waals surface area contributed by atoms with Gasteiger partial charge in [-0.25, -0.2) is 14.4 Å². The number of alkyl carbamates (subject to hydrolysis) is 2. The minimum atomic E-state index is -0.957. The van der Waals surface area contributed by atoms with Gasteiger partial charge in [-0.3, -0.25) is 10.3 Å². The van der Waals surface area contributed by atoms with Crippen LogP contribution in [0.5, 0.6) is 0 Å². The van der Waals surface area contributed by atoms with Crippen LogP contribution >= 0.6 is 0 Å². The van der Waals surface area contributed by atoms with Crippen molar-refractivity contribution in [2.24, 2.45) is 4.99 Å². The molecule has 1 aliphatic heterocycles. The van der Waals surface area contributed by atoms with Crippen LogP contribution in [0, 0.1) is 0 Å². The quantitative estimate of drug-likeness (QED) is 0.262. The Bertz CT molecular complexity index is 725. The monoisotopic (exact) mass is 484 g/mol. The zero-order valence-electron chi connectivity index (χ0n) is 22.4. The zero-order chi connectivity index (χ0) is 26.2. The van der Waals surface area contributed by atoms with Crippen molar-refractivity contribution in [2.45, 2.75) is 111 Å². The van der Waals surface area contributed by atoms with Gasteiger partial charge >= 0.3 is 18.2 Å². The largest absolute Gasteiger partial charge is 0.458 e. The average Bonchev–Trinajstić information content (AvgIpc) is 2.62. The number of piperidine rings is 1. The highest BCUT2D eigenvalue weighted by Gasteiger charge is 2.29. The van der Waals surface area contributed by atoms with Crippen molar-refractivity contribution in [3.8, 4) is 0 Å². The number of nitrogens with zero attached hydrogens (tertiary/aromatic N) is 2. The number of hydrogen-bond donors (Lipinski definition) is 2. The summed E-state index contributed by atoms with van der Waals surface area (Å²) in [6.07, 6.45) is 1.98. The predicted octanol–water partition coefficient (Wildman–Crippen LogP) is 3.98. The number of likely N-dealkylation sites (tertiary alicyclic amines) is 1. The van der Waals surface area contributed by atoms with Crippen LogP contribution in [0.25, 0.3) is 0 Å². The van der Waals surface area contributed by atoms with Gasteiger partial charge in [0.15, 0.2) is 0 Å². The van der Waals surface area contributed by atoms with Crippen LogP contribution in [0.4, 0.5) is 9.59 Å². The molecule has 2 N–H and O–H groups in total. The van der Waals surface area contributed by atoms with Crippen LogP contribution in [0.3, 0.4) is 0 Å². The number of esters is 1. The van der Waals surface area contributed by atoms with Crippen molar-refractivity contribution >= 4 is 24.1 Å². The summed E-state index contributed by atoms with van der Waals surface area (Å²) in [5.74, 6) is -0.178. The summed E-state index contributed by atoms with van der Waals surface area (Å²) in [4.78, 5) is 43.9.